The average molecular weight is 194 g/mol. The first kappa shape index (κ1) is 8.44. The maximum Gasteiger partial charge on any atom is 0.283 e. The lowest BCUT2D eigenvalue weighted by Gasteiger charge is -2.21. The Labute approximate surface area is 80.7 Å². The molecule has 2 heterocycles. The highest BCUT2D eigenvalue weighted by molar-refractivity contribution is 7.11. The highest BCUT2D eigenvalue weighted by Crippen LogP contribution is 2.10. The van der Waals surface area contributed by atoms with Crippen molar-refractivity contribution in [2.75, 3.05) is 13.1 Å². The van der Waals surface area contributed by atoms with Gasteiger partial charge in [0.2, 0.25) is 0 Å². The average Bonchev–Trinajstić information content (AvgIpc) is 2.71. The molecule has 3 nitrogen and oxygen atoms in total. The van der Waals surface area contributed by atoms with E-state index < -0.39 is 0 Å². The molecule has 1 aliphatic heterocycles. The van der Waals surface area contributed by atoms with Crippen LogP contribution in [0, 0.1) is 0 Å². The maximum atomic E-state index is 11.7. The normalized spacial score (nSPS) is 16.2. The Bertz CT molecular complexity index is 318. The van der Waals surface area contributed by atoms with E-state index in [2.05, 4.69) is 11.1 Å². The van der Waals surface area contributed by atoms with Gasteiger partial charge in [0.1, 0.15) is 0 Å². The minimum atomic E-state index is 0.0550. The lowest BCUT2D eigenvalue weighted by atomic mass is 10.2. The first-order valence-corrected chi connectivity index (χ1v) is 5.09. The van der Waals surface area contributed by atoms with Gasteiger partial charge in [-0.25, -0.2) is 4.98 Å². The van der Waals surface area contributed by atoms with Gasteiger partial charge in [0.25, 0.3) is 5.91 Å². The molecule has 1 amide bonds. The number of hydrogen-bond acceptors (Lipinski definition) is 3. The summed E-state index contributed by atoms with van der Waals surface area (Å²) in [6.07, 6.45) is 6.75. The second-order valence-corrected chi connectivity index (χ2v) is 3.74. The van der Waals surface area contributed by atoms with E-state index in [1.807, 2.05) is 16.4 Å². The van der Waals surface area contributed by atoms with E-state index in [1.165, 1.54) is 11.3 Å². The molecule has 1 aromatic heterocycles. The summed E-state index contributed by atoms with van der Waals surface area (Å²) in [5.41, 5.74) is 0. The van der Waals surface area contributed by atoms with Crippen molar-refractivity contribution >= 4 is 17.2 Å². The van der Waals surface area contributed by atoms with Gasteiger partial charge in [0.15, 0.2) is 5.01 Å². The molecular formula is C9H10N2OS. The van der Waals surface area contributed by atoms with Gasteiger partial charge in [0, 0.05) is 24.7 Å². The SMILES string of the molecule is O=C(c1nccs1)N1CC=CCC1. The number of carbonyl (C=O) groups excluding carboxylic acids is 1. The molecule has 0 atom stereocenters. The van der Waals surface area contributed by atoms with Crippen molar-refractivity contribution in [3.05, 3.63) is 28.7 Å². The molecule has 4 heteroatoms. The van der Waals surface area contributed by atoms with Crippen molar-refractivity contribution in [3.63, 3.8) is 0 Å². The molecule has 0 unspecified atom stereocenters. The van der Waals surface area contributed by atoms with E-state index in [4.69, 9.17) is 0 Å². The third-order valence-corrected chi connectivity index (χ3v) is 2.72. The Kier molecular flexibility index (Phi) is 2.40. The molecule has 0 saturated carbocycles. The molecule has 0 radical (unpaired) electrons. The number of nitrogens with zero attached hydrogens (tertiary/aromatic N) is 2. The molecule has 0 spiro atoms. The quantitative estimate of drug-likeness (QED) is 0.635. The van der Waals surface area contributed by atoms with Gasteiger partial charge in [0.05, 0.1) is 0 Å². The van der Waals surface area contributed by atoms with Gasteiger partial charge in [-0.05, 0) is 6.42 Å². The minimum absolute atomic E-state index is 0.0550. The maximum absolute atomic E-state index is 11.7. The van der Waals surface area contributed by atoms with Crippen LogP contribution < -0.4 is 0 Å². The van der Waals surface area contributed by atoms with Crippen LogP contribution in [0.3, 0.4) is 0 Å². The number of thiazole rings is 1. The van der Waals surface area contributed by atoms with Crippen LogP contribution in [-0.4, -0.2) is 28.9 Å². The van der Waals surface area contributed by atoms with Crippen LogP contribution in [0.1, 0.15) is 16.2 Å². The fourth-order valence-corrected chi connectivity index (χ4v) is 1.89. The Hall–Kier alpha value is -1.16. The lowest BCUT2D eigenvalue weighted by Crippen LogP contribution is -2.33. The van der Waals surface area contributed by atoms with Gasteiger partial charge in [-0.15, -0.1) is 11.3 Å². The smallest absolute Gasteiger partial charge is 0.283 e. The van der Waals surface area contributed by atoms with Gasteiger partial charge >= 0.3 is 0 Å². The van der Waals surface area contributed by atoms with Crippen molar-refractivity contribution in [1.82, 2.24) is 9.88 Å². The third-order valence-electron chi connectivity index (χ3n) is 1.96. The summed E-state index contributed by atoms with van der Waals surface area (Å²) in [7, 11) is 0. The number of amides is 1. The van der Waals surface area contributed by atoms with Crippen LogP contribution in [0.15, 0.2) is 23.7 Å². The lowest BCUT2D eigenvalue weighted by molar-refractivity contribution is 0.0770. The predicted octanol–water partition coefficient (Wildman–Crippen LogP) is 1.55. The number of aromatic nitrogens is 1. The molecule has 0 aromatic carbocycles. The summed E-state index contributed by atoms with van der Waals surface area (Å²) in [5.74, 6) is 0.0550. The van der Waals surface area contributed by atoms with Gasteiger partial charge in [-0.1, -0.05) is 12.2 Å². The molecule has 0 fully saturated rings. The Morgan fingerprint density at radius 3 is 3.08 bits per heavy atom. The molecule has 1 aromatic rings. The third kappa shape index (κ3) is 1.78. The Morgan fingerprint density at radius 1 is 1.54 bits per heavy atom. The van der Waals surface area contributed by atoms with Gasteiger partial charge in [-0.2, -0.15) is 0 Å². The van der Waals surface area contributed by atoms with Crippen LogP contribution >= 0.6 is 11.3 Å². The van der Waals surface area contributed by atoms with E-state index in [0.717, 1.165) is 19.5 Å². The minimum Gasteiger partial charge on any atom is -0.333 e. The zero-order valence-electron chi connectivity index (χ0n) is 7.14. The highest BCUT2D eigenvalue weighted by atomic mass is 32.1. The van der Waals surface area contributed by atoms with E-state index in [1.54, 1.807) is 6.20 Å². The van der Waals surface area contributed by atoms with E-state index in [0.29, 0.717) is 5.01 Å². The van der Waals surface area contributed by atoms with Crippen molar-refractivity contribution < 1.29 is 4.79 Å². The summed E-state index contributed by atoms with van der Waals surface area (Å²) in [6.45, 7) is 1.54. The van der Waals surface area contributed by atoms with E-state index in [9.17, 15) is 4.79 Å². The van der Waals surface area contributed by atoms with Crippen LogP contribution in [0.2, 0.25) is 0 Å². The molecule has 0 N–H and O–H groups in total. The summed E-state index contributed by atoms with van der Waals surface area (Å²) >= 11 is 1.40. The molecule has 2 rings (SSSR count). The standard InChI is InChI=1S/C9H10N2OS/c12-9(8-10-4-7-13-8)11-5-2-1-3-6-11/h1-2,4,7H,3,5-6H2. The summed E-state index contributed by atoms with van der Waals surface area (Å²) < 4.78 is 0. The zero-order chi connectivity index (χ0) is 9.10. The largest absolute Gasteiger partial charge is 0.333 e. The van der Waals surface area contributed by atoms with Crippen LogP contribution in [0.25, 0.3) is 0 Å². The Morgan fingerprint density at radius 2 is 2.46 bits per heavy atom. The van der Waals surface area contributed by atoms with Crippen LogP contribution in [-0.2, 0) is 0 Å². The Balaban J connectivity index is 2.09. The molecule has 0 saturated heterocycles. The number of carbonyl (C=O) groups is 1. The fourth-order valence-electron chi connectivity index (χ4n) is 1.29. The predicted molar refractivity (Wildman–Crippen MR) is 51.8 cm³/mol. The van der Waals surface area contributed by atoms with Crippen molar-refractivity contribution in [1.29, 1.82) is 0 Å². The summed E-state index contributed by atoms with van der Waals surface area (Å²) in [6, 6.07) is 0. The van der Waals surface area contributed by atoms with Crippen molar-refractivity contribution in [3.8, 4) is 0 Å². The number of hydrogen-bond donors (Lipinski definition) is 0. The van der Waals surface area contributed by atoms with Gasteiger partial charge in [-0.3, -0.25) is 4.79 Å². The molecule has 68 valence electrons. The molecule has 1 aliphatic rings. The second kappa shape index (κ2) is 3.70. The zero-order valence-corrected chi connectivity index (χ0v) is 7.96. The summed E-state index contributed by atoms with van der Waals surface area (Å²) in [4.78, 5) is 17.5. The second-order valence-electron chi connectivity index (χ2n) is 2.85. The highest BCUT2D eigenvalue weighted by Gasteiger charge is 2.17. The first-order valence-electron chi connectivity index (χ1n) is 4.21. The van der Waals surface area contributed by atoms with Crippen LogP contribution in [0.4, 0.5) is 0 Å². The van der Waals surface area contributed by atoms with E-state index >= 15 is 0 Å². The van der Waals surface area contributed by atoms with E-state index in [-0.39, 0.29) is 5.91 Å². The van der Waals surface area contributed by atoms with Crippen molar-refractivity contribution in [2.24, 2.45) is 0 Å². The summed E-state index contributed by atoms with van der Waals surface area (Å²) in [5, 5.41) is 2.42. The van der Waals surface area contributed by atoms with Crippen molar-refractivity contribution in [2.45, 2.75) is 6.42 Å². The molecule has 0 aliphatic carbocycles. The molecule has 13 heavy (non-hydrogen) atoms. The molecular weight excluding hydrogens is 184 g/mol. The topological polar surface area (TPSA) is 33.2 Å². The monoisotopic (exact) mass is 194 g/mol. The molecule has 0 bridgehead atoms. The first-order chi connectivity index (χ1) is 6.38. The van der Waals surface area contributed by atoms with Gasteiger partial charge < -0.3 is 4.90 Å². The van der Waals surface area contributed by atoms with Crippen LogP contribution in [0.5, 0.6) is 0 Å². The number of rotatable bonds is 1. The fraction of sp³-hybridized carbons (Fsp3) is 0.333.